The molecule has 0 aliphatic heterocycles. The maximum absolute atomic E-state index is 12.3. The molecule has 114 valence electrons. The lowest BCUT2D eigenvalue weighted by atomic mass is 10.1. The summed E-state index contributed by atoms with van der Waals surface area (Å²) in [5.74, 6) is 0. The molecule has 0 radical (unpaired) electrons. The van der Waals surface area contributed by atoms with E-state index in [1.165, 1.54) is 11.3 Å². The molecule has 1 aromatic carbocycles. The second-order valence-electron chi connectivity index (χ2n) is 4.79. The van der Waals surface area contributed by atoms with Crippen molar-refractivity contribution < 1.29 is 8.42 Å². The van der Waals surface area contributed by atoms with Gasteiger partial charge in [0.25, 0.3) is 0 Å². The highest BCUT2D eigenvalue weighted by Crippen LogP contribution is 2.17. The van der Waals surface area contributed by atoms with Crippen LogP contribution in [0.5, 0.6) is 0 Å². The lowest BCUT2D eigenvalue weighted by molar-refractivity contribution is 0.581. The van der Waals surface area contributed by atoms with E-state index in [-0.39, 0.29) is 6.54 Å². The maximum Gasteiger partial charge on any atom is 0.240 e. The van der Waals surface area contributed by atoms with Crippen LogP contribution in [0.2, 0.25) is 0 Å². The van der Waals surface area contributed by atoms with E-state index in [1.54, 1.807) is 18.3 Å². The molecule has 2 rings (SSSR count). The van der Waals surface area contributed by atoms with Crippen LogP contribution in [0, 0.1) is 13.8 Å². The number of rotatable bonds is 6. The summed E-state index contributed by atoms with van der Waals surface area (Å²) in [6.45, 7) is 4.77. The number of nitrogens with zero attached hydrogens (tertiary/aromatic N) is 1. The fraction of sp³-hybridized carbons (Fsp3) is 0.357. The van der Waals surface area contributed by atoms with Crippen LogP contribution < -0.4 is 10.0 Å². The van der Waals surface area contributed by atoms with E-state index in [0.717, 1.165) is 21.0 Å². The van der Waals surface area contributed by atoms with Gasteiger partial charge in [-0.15, -0.1) is 11.3 Å². The normalized spacial score (nSPS) is 11.8. The number of sulfonamides is 1. The summed E-state index contributed by atoms with van der Waals surface area (Å²) in [5, 5.41) is 3.97. The third-order valence-corrected chi connectivity index (χ3v) is 5.42. The predicted molar refractivity (Wildman–Crippen MR) is 84.8 cm³/mol. The van der Waals surface area contributed by atoms with Crippen LogP contribution in [0.15, 0.2) is 29.3 Å². The molecule has 21 heavy (non-hydrogen) atoms. The van der Waals surface area contributed by atoms with Gasteiger partial charge in [-0.2, -0.15) is 0 Å². The third-order valence-electron chi connectivity index (χ3n) is 3.10. The number of thiazole rings is 1. The molecule has 0 spiro atoms. The van der Waals surface area contributed by atoms with E-state index < -0.39 is 10.0 Å². The Hall–Kier alpha value is -1.28. The molecule has 7 heteroatoms. The first-order valence-electron chi connectivity index (χ1n) is 6.57. The molecule has 1 heterocycles. The zero-order chi connectivity index (χ0) is 15.5. The SMILES string of the molecule is CNCc1cc(S(=O)(=O)NCc2cnc(C)s2)ccc1C. The molecule has 0 atom stereocenters. The number of aromatic nitrogens is 1. The van der Waals surface area contributed by atoms with Gasteiger partial charge in [-0.05, 0) is 44.2 Å². The topological polar surface area (TPSA) is 71.1 Å². The van der Waals surface area contributed by atoms with Crippen molar-refractivity contribution in [2.24, 2.45) is 0 Å². The molecule has 0 aliphatic rings. The Kier molecular flexibility index (Phi) is 5.10. The largest absolute Gasteiger partial charge is 0.316 e. The molecule has 0 bridgehead atoms. The lowest BCUT2D eigenvalue weighted by Crippen LogP contribution is -2.23. The molecule has 0 saturated carbocycles. The van der Waals surface area contributed by atoms with Gasteiger partial charge < -0.3 is 5.32 Å². The number of nitrogens with one attached hydrogen (secondary N) is 2. The standard InChI is InChI=1S/C14H19N3O2S2/c1-10-4-5-14(6-12(10)7-15-3)21(18,19)17-9-13-8-16-11(2)20-13/h4-6,8,15,17H,7,9H2,1-3H3. The molecule has 2 N–H and O–H groups in total. The van der Waals surface area contributed by atoms with Crippen molar-refractivity contribution in [2.45, 2.75) is 31.8 Å². The Morgan fingerprint density at radius 1 is 1.24 bits per heavy atom. The van der Waals surface area contributed by atoms with Crippen LogP contribution >= 0.6 is 11.3 Å². The van der Waals surface area contributed by atoms with Gasteiger partial charge in [-0.25, -0.2) is 18.1 Å². The van der Waals surface area contributed by atoms with Crippen LogP contribution in [0.3, 0.4) is 0 Å². The van der Waals surface area contributed by atoms with Crippen molar-refractivity contribution >= 4 is 21.4 Å². The van der Waals surface area contributed by atoms with Crippen molar-refractivity contribution in [2.75, 3.05) is 7.05 Å². The zero-order valence-corrected chi connectivity index (χ0v) is 13.9. The Bertz CT molecular complexity index is 724. The zero-order valence-electron chi connectivity index (χ0n) is 12.3. The summed E-state index contributed by atoms with van der Waals surface area (Å²) in [6, 6.07) is 5.18. The van der Waals surface area contributed by atoms with Crippen LogP contribution in [-0.4, -0.2) is 20.4 Å². The molecule has 0 aliphatic carbocycles. The van der Waals surface area contributed by atoms with Gasteiger partial charge in [0.1, 0.15) is 0 Å². The highest BCUT2D eigenvalue weighted by Gasteiger charge is 2.15. The van der Waals surface area contributed by atoms with Gasteiger partial charge in [-0.1, -0.05) is 6.07 Å². The summed E-state index contributed by atoms with van der Waals surface area (Å²) in [5.41, 5.74) is 2.05. The highest BCUT2D eigenvalue weighted by atomic mass is 32.2. The Morgan fingerprint density at radius 3 is 2.62 bits per heavy atom. The van der Waals surface area contributed by atoms with Crippen molar-refractivity contribution in [1.29, 1.82) is 0 Å². The van der Waals surface area contributed by atoms with Crippen LogP contribution in [-0.2, 0) is 23.1 Å². The first kappa shape index (κ1) is 16.1. The van der Waals surface area contributed by atoms with E-state index >= 15 is 0 Å². The number of benzene rings is 1. The van der Waals surface area contributed by atoms with Crippen LogP contribution in [0.4, 0.5) is 0 Å². The van der Waals surface area contributed by atoms with Crippen molar-refractivity contribution in [3.8, 4) is 0 Å². The fourth-order valence-electron chi connectivity index (χ4n) is 1.93. The van der Waals surface area contributed by atoms with Crippen molar-refractivity contribution in [3.63, 3.8) is 0 Å². The molecule has 5 nitrogen and oxygen atoms in total. The molecular formula is C14H19N3O2S2. The van der Waals surface area contributed by atoms with E-state index in [1.807, 2.05) is 27.0 Å². The minimum Gasteiger partial charge on any atom is -0.316 e. The number of hydrogen-bond acceptors (Lipinski definition) is 5. The minimum atomic E-state index is -3.51. The molecule has 0 fully saturated rings. The summed E-state index contributed by atoms with van der Waals surface area (Å²) in [4.78, 5) is 5.31. The first-order valence-corrected chi connectivity index (χ1v) is 8.87. The lowest BCUT2D eigenvalue weighted by Gasteiger charge is -2.10. The van der Waals surface area contributed by atoms with E-state index in [2.05, 4.69) is 15.0 Å². The van der Waals surface area contributed by atoms with Crippen molar-refractivity contribution in [3.05, 3.63) is 45.4 Å². The summed E-state index contributed by atoms with van der Waals surface area (Å²) in [7, 11) is -1.67. The van der Waals surface area contributed by atoms with E-state index in [0.29, 0.717) is 11.4 Å². The monoisotopic (exact) mass is 325 g/mol. The summed E-state index contributed by atoms with van der Waals surface area (Å²) in [6.07, 6.45) is 1.70. The van der Waals surface area contributed by atoms with Gasteiger partial charge in [0, 0.05) is 24.2 Å². The van der Waals surface area contributed by atoms with E-state index in [4.69, 9.17) is 0 Å². The molecule has 0 unspecified atom stereocenters. The predicted octanol–water partition coefficient (Wildman–Crippen LogP) is 1.96. The summed E-state index contributed by atoms with van der Waals surface area (Å²) >= 11 is 1.49. The van der Waals surface area contributed by atoms with Gasteiger partial charge in [0.15, 0.2) is 0 Å². The molecule has 0 saturated heterocycles. The smallest absolute Gasteiger partial charge is 0.240 e. The molecular weight excluding hydrogens is 306 g/mol. The summed E-state index contributed by atoms with van der Waals surface area (Å²) < 4.78 is 27.3. The average molecular weight is 325 g/mol. The van der Waals surface area contributed by atoms with Gasteiger partial charge >= 0.3 is 0 Å². The van der Waals surface area contributed by atoms with Crippen LogP contribution in [0.25, 0.3) is 0 Å². The fourth-order valence-corrected chi connectivity index (χ4v) is 3.82. The second kappa shape index (κ2) is 6.65. The van der Waals surface area contributed by atoms with Gasteiger partial charge in [0.05, 0.1) is 9.90 Å². The highest BCUT2D eigenvalue weighted by molar-refractivity contribution is 7.89. The van der Waals surface area contributed by atoms with Gasteiger partial charge in [-0.3, -0.25) is 0 Å². The third kappa shape index (κ3) is 4.10. The average Bonchev–Trinajstić information content (AvgIpc) is 2.85. The molecule has 1 aromatic heterocycles. The Balaban J connectivity index is 2.17. The number of hydrogen-bond donors (Lipinski definition) is 2. The van der Waals surface area contributed by atoms with Crippen molar-refractivity contribution in [1.82, 2.24) is 15.0 Å². The molecule has 2 aromatic rings. The number of aryl methyl sites for hydroxylation is 2. The minimum absolute atomic E-state index is 0.267. The molecule has 0 amide bonds. The Labute approximate surface area is 129 Å². The van der Waals surface area contributed by atoms with Crippen LogP contribution in [0.1, 0.15) is 21.0 Å². The maximum atomic E-state index is 12.3. The van der Waals surface area contributed by atoms with Gasteiger partial charge in [0.2, 0.25) is 10.0 Å². The second-order valence-corrected chi connectivity index (χ2v) is 7.88. The first-order chi connectivity index (χ1) is 9.92. The Morgan fingerprint density at radius 2 is 2.00 bits per heavy atom. The van der Waals surface area contributed by atoms with E-state index in [9.17, 15) is 8.42 Å². The quantitative estimate of drug-likeness (QED) is 0.852.